The van der Waals surface area contributed by atoms with Crippen LogP contribution in [0.4, 0.5) is 10.6 Å². The zero-order valence-electron chi connectivity index (χ0n) is 14.9. The molecule has 0 spiro atoms. The summed E-state index contributed by atoms with van der Waals surface area (Å²) in [4.78, 5) is 22.5. The first kappa shape index (κ1) is 17.0. The predicted molar refractivity (Wildman–Crippen MR) is 98.5 cm³/mol. The molecule has 25 heavy (non-hydrogen) atoms. The number of fused-ring (bicyclic) bond motifs is 1. The predicted octanol–water partition coefficient (Wildman–Crippen LogP) is 2.69. The number of piperidine rings is 1. The summed E-state index contributed by atoms with van der Waals surface area (Å²) in [5, 5.41) is 10.5. The van der Waals surface area contributed by atoms with Gasteiger partial charge in [0.15, 0.2) is 0 Å². The van der Waals surface area contributed by atoms with Gasteiger partial charge in [0, 0.05) is 39.6 Å². The number of urea groups is 1. The number of rotatable bonds is 2. The van der Waals surface area contributed by atoms with Gasteiger partial charge in [-0.25, -0.2) is 9.78 Å². The Morgan fingerprint density at radius 3 is 2.80 bits per heavy atom. The van der Waals surface area contributed by atoms with Crippen molar-refractivity contribution < 1.29 is 4.79 Å². The lowest BCUT2D eigenvalue weighted by Crippen LogP contribution is -2.51. The highest BCUT2D eigenvalue weighted by molar-refractivity contribution is 5.83. The van der Waals surface area contributed by atoms with E-state index in [9.17, 15) is 10.1 Å². The van der Waals surface area contributed by atoms with Crippen LogP contribution in [0.5, 0.6) is 0 Å². The van der Waals surface area contributed by atoms with Crippen molar-refractivity contribution in [3.05, 3.63) is 35.9 Å². The largest absolute Gasteiger partial charge is 0.353 e. The van der Waals surface area contributed by atoms with E-state index in [1.807, 2.05) is 37.4 Å². The minimum atomic E-state index is -0.00109. The summed E-state index contributed by atoms with van der Waals surface area (Å²) >= 11 is 0. The molecule has 1 saturated heterocycles. The summed E-state index contributed by atoms with van der Waals surface area (Å²) < 4.78 is 0. The van der Waals surface area contributed by atoms with Gasteiger partial charge in [-0.05, 0) is 25.0 Å². The van der Waals surface area contributed by atoms with Crippen molar-refractivity contribution in [3.63, 3.8) is 0 Å². The van der Waals surface area contributed by atoms with Gasteiger partial charge < -0.3 is 14.7 Å². The summed E-state index contributed by atoms with van der Waals surface area (Å²) in [5.41, 5.74) is 1.47. The number of para-hydroxylation sites is 1. The monoisotopic (exact) mass is 337 g/mol. The second-order valence-electron chi connectivity index (χ2n) is 6.69. The smallest absolute Gasteiger partial charge is 0.319 e. The highest BCUT2D eigenvalue weighted by atomic mass is 16.2. The zero-order chi connectivity index (χ0) is 18.0. The maximum atomic E-state index is 12.2. The number of benzene rings is 1. The van der Waals surface area contributed by atoms with Crippen LogP contribution in [-0.2, 0) is 0 Å². The minimum absolute atomic E-state index is 0.00109. The van der Waals surface area contributed by atoms with Gasteiger partial charge in [0.25, 0.3) is 0 Å². The second-order valence-corrected chi connectivity index (χ2v) is 6.69. The van der Waals surface area contributed by atoms with E-state index >= 15 is 0 Å². The molecule has 2 aromatic rings. The molecule has 1 aliphatic heterocycles. The number of amides is 2. The molecule has 0 bridgehead atoms. The number of hydrogen-bond donors (Lipinski definition) is 0. The Hall–Kier alpha value is -2.81. The van der Waals surface area contributed by atoms with Crippen molar-refractivity contribution >= 4 is 22.8 Å². The number of carbonyl (C=O) groups is 1. The molecule has 1 aromatic heterocycles. The van der Waals surface area contributed by atoms with Crippen LogP contribution < -0.4 is 4.90 Å². The van der Waals surface area contributed by atoms with Crippen molar-refractivity contribution in [1.29, 1.82) is 5.26 Å². The van der Waals surface area contributed by atoms with E-state index in [-0.39, 0.29) is 12.1 Å². The zero-order valence-corrected chi connectivity index (χ0v) is 14.9. The molecule has 2 heterocycles. The van der Waals surface area contributed by atoms with Gasteiger partial charge in [0.05, 0.1) is 17.1 Å². The van der Waals surface area contributed by atoms with Crippen LogP contribution >= 0.6 is 0 Å². The number of hydrogen-bond acceptors (Lipinski definition) is 4. The molecule has 3 rings (SSSR count). The SMILES string of the molecule is CN(C)C(=O)N(C)C1CCCN(c2nc3ccccc3cc2C#N)C1. The van der Waals surface area contributed by atoms with Crippen molar-refractivity contribution in [2.45, 2.75) is 18.9 Å². The molecule has 0 saturated carbocycles. The molecule has 0 aliphatic carbocycles. The Morgan fingerprint density at radius 1 is 1.32 bits per heavy atom. The molecule has 6 heteroatoms. The summed E-state index contributed by atoms with van der Waals surface area (Å²) in [5.74, 6) is 0.719. The first-order chi connectivity index (χ1) is 12.0. The van der Waals surface area contributed by atoms with Crippen molar-refractivity contribution in [1.82, 2.24) is 14.8 Å². The normalized spacial score (nSPS) is 17.2. The van der Waals surface area contributed by atoms with E-state index in [0.29, 0.717) is 12.1 Å². The maximum Gasteiger partial charge on any atom is 0.319 e. The lowest BCUT2D eigenvalue weighted by molar-refractivity contribution is 0.157. The molecular weight excluding hydrogens is 314 g/mol. The quantitative estimate of drug-likeness (QED) is 0.845. The molecule has 2 amide bonds. The summed E-state index contributed by atoms with van der Waals surface area (Å²) in [6.45, 7) is 1.54. The van der Waals surface area contributed by atoms with Gasteiger partial charge in [0.1, 0.15) is 11.9 Å². The van der Waals surface area contributed by atoms with E-state index in [2.05, 4.69) is 11.0 Å². The number of nitriles is 1. The van der Waals surface area contributed by atoms with Gasteiger partial charge in [-0.2, -0.15) is 5.26 Å². The number of carbonyl (C=O) groups excluding carboxylic acids is 1. The van der Waals surface area contributed by atoms with Crippen LogP contribution in [0, 0.1) is 11.3 Å². The highest BCUT2D eigenvalue weighted by Crippen LogP contribution is 2.27. The average Bonchev–Trinajstić information content (AvgIpc) is 2.65. The Kier molecular flexibility index (Phi) is 4.75. The van der Waals surface area contributed by atoms with E-state index < -0.39 is 0 Å². The highest BCUT2D eigenvalue weighted by Gasteiger charge is 2.28. The molecule has 1 fully saturated rings. The maximum absolute atomic E-state index is 12.2. The van der Waals surface area contributed by atoms with Crippen LogP contribution in [0.15, 0.2) is 30.3 Å². The topological polar surface area (TPSA) is 63.5 Å². The number of aromatic nitrogens is 1. The molecule has 1 aromatic carbocycles. The standard InChI is InChI=1S/C19H23N5O/c1-22(2)19(25)23(3)16-8-6-10-24(13-16)18-15(12-20)11-14-7-4-5-9-17(14)21-18/h4-5,7,9,11,16H,6,8,10,13H2,1-3H3. The van der Waals surface area contributed by atoms with Gasteiger partial charge in [-0.1, -0.05) is 18.2 Å². The van der Waals surface area contributed by atoms with Gasteiger partial charge in [0.2, 0.25) is 0 Å². The average molecular weight is 337 g/mol. The Labute approximate surface area is 148 Å². The van der Waals surface area contributed by atoms with E-state index in [4.69, 9.17) is 4.98 Å². The van der Waals surface area contributed by atoms with E-state index in [1.165, 1.54) is 0 Å². The molecule has 0 N–H and O–H groups in total. The Balaban J connectivity index is 1.90. The first-order valence-corrected chi connectivity index (χ1v) is 8.50. The summed E-state index contributed by atoms with van der Waals surface area (Å²) in [6, 6.07) is 12.1. The van der Waals surface area contributed by atoms with Crippen molar-refractivity contribution in [3.8, 4) is 6.07 Å². The lowest BCUT2D eigenvalue weighted by atomic mass is 10.0. The Morgan fingerprint density at radius 2 is 2.08 bits per heavy atom. The number of pyridine rings is 1. The van der Waals surface area contributed by atoms with Crippen molar-refractivity contribution in [2.75, 3.05) is 39.1 Å². The van der Waals surface area contributed by atoms with Crippen molar-refractivity contribution in [2.24, 2.45) is 0 Å². The van der Waals surface area contributed by atoms with Gasteiger partial charge in [-0.15, -0.1) is 0 Å². The summed E-state index contributed by atoms with van der Waals surface area (Å²) in [6.07, 6.45) is 1.93. The molecule has 0 radical (unpaired) electrons. The fourth-order valence-electron chi connectivity index (χ4n) is 3.36. The molecule has 1 atom stereocenters. The first-order valence-electron chi connectivity index (χ1n) is 8.50. The summed E-state index contributed by atoms with van der Waals surface area (Å²) in [7, 11) is 5.37. The fraction of sp³-hybridized carbons (Fsp3) is 0.421. The van der Waals surface area contributed by atoms with E-state index in [1.54, 1.807) is 23.9 Å². The van der Waals surface area contributed by atoms with E-state index in [0.717, 1.165) is 36.1 Å². The molecular formula is C19H23N5O. The molecule has 1 aliphatic rings. The molecule has 1 unspecified atom stereocenters. The number of likely N-dealkylation sites (N-methyl/N-ethyl adjacent to an activating group) is 1. The third kappa shape index (κ3) is 3.36. The van der Waals surface area contributed by atoms with Crippen LogP contribution in [-0.4, -0.2) is 61.1 Å². The second kappa shape index (κ2) is 6.98. The van der Waals surface area contributed by atoms with Crippen LogP contribution in [0.3, 0.4) is 0 Å². The van der Waals surface area contributed by atoms with Crippen LogP contribution in [0.25, 0.3) is 10.9 Å². The molecule has 130 valence electrons. The van der Waals surface area contributed by atoms with Crippen LogP contribution in [0.1, 0.15) is 18.4 Å². The third-order valence-electron chi connectivity index (χ3n) is 4.75. The van der Waals surface area contributed by atoms with Gasteiger partial charge in [-0.3, -0.25) is 0 Å². The molecule has 6 nitrogen and oxygen atoms in total. The lowest BCUT2D eigenvalue weighted by Gasteiger charge is -2.39. The third-order valence-corrected chi connectivity index (χ3v) is 4.75. The fourth-order valence-corrected chi connectivity index (χ4v) is 3.36. The Bertz CT molecular complexity index is 826. The van der Waals surface area contributed by atoms with Gasteiger partial charge >= 0.3 is 6.03 Å². The number of anilines is 1. The minimum Gasteiger partial charge on any atom is -0.353 e. The number of nitrogens with zero attached hydrogens (tertiary/aromatic N) is 5. The van der Waals surface area contributed by atoms with Crippen LogP contribution in [0.2, 0.25) is 0 Å².